The van der Waals surface area contributed by atoms with Gasteiger partial charge < -0.3 is 10.2 Å². The minimum Gasteiger partial charge on any atom is -0.347 e. The van der Waals surface area contributed by atoms with Crippen molar-refractivity contribution in [2.45, 2.75) is 13.0 Å². The van der Waals surface area contributed by atoms with Gasteiger partial charge in [-0.2, -0.15) is 0 Å². The normalized spacial score (nSPS) is 20.1. The Labute approximate surface area is 108 Å². The Morgan fingerprint density at radius 2 is 2.06 bits per heavy atom. The molecular formula is C10H13N3O4S. The molecule has 2 aliphatic rings. The summed E-state index contributed by atoms with van der Waals surface area (Å²) < 4.78 is 0. The largest absolute Gasteiger partial charge is 0.347 e. The number of nitrogens with one attached hydrogen (secondary N) is 1. The second-order valence-electron chi connectivity index (χ2n) is 4.18. The van der Waals surface area contributed by atoms with Gasteiger partial charge in [-0.25, -0.2) is 0 Å². The Balaban J connectivity index is 1.80. The zero-order valence-corrected chi connectivity index (χ0v) is 10.7. The van der Waals surface area contributed by atoms with Gasteiger partial charge in [-0.05, 0) is 0 Å². The highest BCUT2D eigenvalue weighted by molar-refractivity contribution is 8.14. The second kappa shape index (κ2) is 4.97. The van der Waals surface area contributed by atoms with E-state index < -0.39 is 0 Å². The quantitative estimate of drug-likeness (QED) is 0.713. The van der Waals surface area contributed by atoms with Crippen LogP contribution in [0, 0.1) is 0 Å². The molecule has 8 heteroatoms. The summed E-state index contributed by atoms with van der Waals surface area (Å²) in [7, 11) is 0. The fraction of sp³-hybridized carbons (Fsp3) is 0.600. The third-order valence-electron chi connectivity index (χ3n) is 2.85. The monoisotopic (exact) mass is 271 g/mol. The number of imide groups is 1. The summed E-state index contributed by atoms with van der Waals surface area (Å²) in [5, 5.41) is 2.18. The Bertz CT molecular complexity index is 403. The lowest BCUT2D eigenvalue weighted by Gasteiger charge is -2.42. The minimum atomic E-state index is -0.262. The number of rotatable bonds is 3. The third-order valence-corrected chi connectivity index (χ3v) is 3.69. The van der Waals surface area contributed by atoms with Crippen LogP contribution in [0.5, 0.6) is 0 Å². The average molecular weight is 271 g/mol. The van der Waals surface area contributed by atoms with E-state index in [0.717, 1.165) is 11.8 Å². The molecule has 4 amide bonds. The number of nitrogens with zero attached hydrogens (tertiary/aromatic N) is 2. The topological polar surface area (TPSA) is 86.8 Å². The molecule has 2 rings (SSSR count). The molecule has 0 atom stereocenters. The van der Waals surface area contributed by atoms with E-state index in [1.807, 2.05) is 0 Å². The summed E-state index contributed by atoms with van der Waals surface area (Å²) >= 11 is 0.992. The van der Waals surface area contributed by atoms with Crippen molar-refractivity contribution in [3.05, 3.63) is 0 Å². The van der Waals surface area contributed by atoms with Crippen LogP contribution in [0.3, 0.4) is 0 Å². The van der Waals surface area contributed by atoms with Crippen molar-refractivity contribution in [2.24, 2.45) is 0 Å². The minimum absolute atomic E-state index is 0.0430. The highest BCUT2D eigenvalue weighted by Gasteiger charge is 2.43. The zero-order chi connectivity index (χ0) is 13.3. The van der Waals surface area contributed by atoms with Crippen LogP contribution in [-0.4, -0.2) is 64.2 Å². The number of hydrogen-bond donors (Lipinski definition) is 1. The smallest absolute Gasteiger partial charge is 0.289 e. The molecule has 1 N–H and O–H groups in total. The van der Waals surface area contributed by atoms with Crippen LogP contribution in [0.15, 0.2) is 0 Å². The van der Waals surface area contributed by atoms with Crippen LogP contribution >= 0.6 is 11.8 Å². The highest BCUT2D eigenvalue weighted by Crippen LogP contribution is 2.25. The molecule has 2 saturated heterocycles. The zero-order valence-electron chi connectivity index (χ0n) is 9.84. The van der Waals surface area contributed by atoms with Gasteiger partial charge >= 0.3 is 0 Å². The van der Waals surface area contributed by atoms with Gasteiger partial charge in [0.05, 0.1) is 18.3 Å². The van der Waals surface area contributed by atoms with Gasteiger partial charge in [0.2, 0.25) is 17.7 Å². The van der Waals surface area contributed by atoms with E-state index in [-0.39, 0.29) is 41.3 Å². The van der Waals surface area contributed by atoms with Crippen LogP contribution in [-0.2, 0) is 14.4 Å². The molecule has 0 saturated carbocycles. The van der Waals surface area contributed by atoms with E-state index in [9.17, 15) is 19.2 Å². The maximum Gasteiger partial charge on any atom is 0.289 e. The second-order valence-corrected chi connectivity index (χ2v) is 5.11. The molecule has 7 nitrogen and oxygen atoms in total. The molecule has 18 heavy (non-hydrogen) atoms. The van der Waals surface area contributed by atoms with Crippen molar-refractivity contribution < 1.29 is 19.2 Å². The summed E-state index contributed by atoms with van der Waals surface area (Å²) in [5.41, 5.74) is 0. The fourth-order valence-corrected chi connectivity index (χ4v) is 2.63. The van der Waals surface area contributed by atoms with Crippen molar-refractivity contribution in [3.63, 3.8) is 0 Å². The molecule has 0 spiro atoms. The molecule has 0 radical (unpaired) electrons. The first kappa shape index (κ1) is 12.9. The summed E-state index contributed by atoms with van der Waals surface area (Å²) in [6.07, 6.45) is 0. The maximum absolute atomic E-state index is 11.6. The van der Waals surface area contributed by atoms with Crippen molar-refractivity contribution in [3.8, 4) is 0 Å². The summed E-state index contributed by atoms with van der Waals surface area (Å²) in [6.45, 7) is 2.01. The van der Waals surface area contributed by atoms with Gasteiger partial charge in [0.25, 0.3) is 5.24 Å². The molecule has 0 bridgehead atoms. The molecule has 0 unspecified atom stereocenters. The summed E-state index contributed by atoms with van der Waals surface area (Å²) in [4.78, 5) is 47.8. The molecule has 2 heterocycles. The van der Waals surface area contributed by atoms with Crippen LogP contribution in [0.1, 0.15) is 6.92 Å². The average Bonchev–Trinajstić information content (AvgIpc) is 2.56. The van der Waals surface area contributed by atoms with Gasteiger partial charge in [0.15, 0.2) is 0 Å². The standard InChI is InChI=1S/C10H13N3O4S/c1-6(14)11-2-8(15)12-3-7(4-12)13-9(16)5-18-10(13)17/h7H,2-5H2,1H3,(H,11,14). The number of carbonyl (C=O) groups excluding carboxylic acids is 4. The lowest BCUT2D eigenvalue weighted by atomic mass is 10.1. The van der Waals surface area contributed by atoms with Crippen molar-refractivity contribution in [1.82, 2.24) is 15.1 Å². The van der Waals surface area contributed by atoms with E-state index >= 15 is 0 Å². The molecule has 0 aromatic carbocycles. The van der Waals surface area contributed by atoms with Crippen molar-refractivity contribution >= 4 is 34.7 Å². The number of carbonyl (C=O) groups is 4. The first-order chi connectivity index (χ1) is 8.49. The number of thioether (sulfide) groups is 1. The highest BCUT2D eigenvalue weighted by atomic mass is 32.2. The first-order valence-corrected chi connectivity index (χ1v) is 6.48. The number of likely N-dealkylation sites (tertiary alicyclic amines) is 1. The lowest BCUT2D eigenvalue weighted by Crippen LogP contribution is -2.63. The molecular weight excluding hydrogens is 258 g/mol. The van der Waals surface area contributed by atoms with Crippen LogP contribution < -0.4 is 5.32 Å². The van der Waals surface area contributed by atoms with Gasteiger partial charge in [-0.1, -0.05) is 11.8 Å². The Hall–Kier alpha value is -1.57. The van der Waals surface area contributed by atoms with Gasteiger partial charge in [-0.15, -0.1) is 0 Å². The molecule has 0 aromatic heterocycles. The summed E-state index contributed by atoms with van der Waals surface area (Å²) in [6, 6.07) is -0.207. The van der Waals surface area contributed by atoms with Crippen LogP contribution in [0.25, 0.3) is 0 Å². The van der Waals surface area contributed by atoms with E-state index in [1.54, 1.807) is 0 Å². The van der Waals surface area contributed by atoms with Gasteiger partial charge in [0.1, 0.15) is 0 Å². The van der Waals surface area contributed by atoms with Crippen LogP contribution in [0.4, 0.5) is 4.79 Å². The van der Waals surface area contributed by atoms with E-state index in [1.165, 1.54) is 16.7 Å². The van der Waals surface area contributed by atoms with Crippen molar-refractivity contribution in [2.75, 3.05) is 25.4 Å². The van der Waals surface area contributed by atoms with E-state index in [0.29, 0.717) is 13.1 Å². The molecule has 0 aliphatic carbocycles. The SMILES string of the molecule is CC(=O)NCC(=O)N1CC(N2C(=O)CSC2=O)C1. The van der Waals surface area contributed by atoms with E-state index in [4.69, 9.17) is 0 Å². The maximum atomic E-state index is 11.6. The fourth-order valence-electron chi connectivity index (χ4n) is 1.85. The third kappa shape index (κ3) is 2.47. The predicted octanol–water partition coefficient (Wildman–Crippen LogP) is -0.971. The van der Waals surface area contributed by atoms with Crippen molar-refractivity contribution in [1.29, 1.82) is 0 Å². The Kier molecular flexibility index (Phi) is 3.55. The van der Waals surface area contributed by atoms with Crippen LogP contribution in [0.2, 0.25) is 0 Å². The first-order valence-electron chi connectivity index (χ1n) is 5.50. The molecule has 0 aromatic rings. The molecule has 2 fully saturated rings. The summed E-state index contributed by atoms with van der Waals surface area (Å²) in [5.74, 6) is -0.464. The van der Waals surface area contributed by atoms with Gasteiger partial charge in [0, 0.05) is 20.0 Å². The number of hydrogen-bond acceptors (Lipinski definition) is 5. The lowest BCUT2D eigenvalue weighted by molar-refractivity contribution is -0.141. The van der Waals surface area contributed by atoms with E-state index in [2.05, 4.69) is 5.32 Å². The molecule has 98 valence electrons. The Morgan fingerprint density at radius 1 is 1.39 bits per heavy atom. The predicted molar refractivity (Wildman–Crippen MR) is 63.8 cm³/mol. The van der Waals surface area contributed by atoms with Gasteiger partial charge in [-0.3, -0.25) is 24.1 Å². The number of amides is 4. The molecule has 2 aliphatic heterocycles. The Morgan fingerprint density at radius 3 is 2.56 bits per heavy atom.